The molecule has 0 bridgehead atoms. The molecule has 0 heterocycles. The zero-order valence-electron chi connectivity index (χ0n) is 6.21. The summed E-state index contributed by atoms with van der Waals surface area (Å²) >= 11 is 2.96. The molecule has 1 aromatic rings. The van der Waals surface area contributed by atoms with Gasteiger partial charge in [-0.25, -0.2) is 4.39 Å². The summed E-state index contributed by atoms with van der Waals surface area (Å²) in [6, 6.07) is 3.16. The molecule has 0 radical (unpaired) electrons. The van der Waals surface area contributed by atoms with Crippen molar-refractivity contribution in [2.45, 2.75) is 4.90 Å². The van der Waals surface area contributed by atoms with Crippen LogP contribution >= 0.6 is 11.6 Å². The molecule has 0 aliphatic rings. The second-order valence-electron chi connectivity index (χ2n) is 1.81. The molecule has 1 atom stereocenters. The fraction of sp³-hybridized carbons (Fsp3) is 0. The van der Waals surface area contributed by atoms with Gasteiger partial charge >= 0.3 is 29.6 Å². The van der Waals surface area contributed by atoms with Crippen LogP contribution in [0.4, 0.5) is 4.39 Å². The number of rotatable bonds is 1. The summed E-state index contributed by atoms with van der Waals surface area (Å²) in [6.07, 6.45) is 0. The molecular weight excluding hydrogens is 214 g/mol. The van der Waals surface area contributed by atoms with Gasteiger partial charge in [0.2, 0.25) is 0 Å². The van der Waals surface area contributed by atoms with E-state index < -0.39 is 16.9 Å². The summed E-state index contributed by atoms with van der Waals surface area (Å²) in [5.74, 6) is -0.617. The summed E-state index contributed by atoms with van der Waals surface area (Å²) in [4.78, 5) is -0.216. The van der Waals surface area contributed by atoms with Gasteiger partial charge in [-0.3, -0.25) is 4.21 Å². The summed E-state index contributed by atoms with van der Waals surface area (Å²) < 4.78 is 33.0. The molecule has 0 spiro atoms. The fourth-order valence-corrected chi connectivity index (χ4v) is 1.35. The number of halogens is 2. The van der Waals surface area contributed by atoms with Gasteiger partial charge in [0.25, 0.3) is 0 Å². The van der Waals surface area contributed by atoms with Gasteiger partial charge in [0.15, 0.2) is 0 Å². The van der Waals surface area contributed by atoms with Crippen LogP contribution in [0.1, 0.15) is 0 Å². The molecule has 0 aliphatic carbocycles. The van der Waals surface area contributed by atoms with Crippen LogP contribution in [0.25, 0.3) is 0 Å². The summed E-state index contributed by atoms with van der Waals surface area (Å²) in [6.45, 7) is 0. The molecule has 6 heteroatoms. The Morgan fingerprint density at radius 2 is 2.08 bits per heavy atom. The Morgan fingerprint density at radius 3 is 2.50 bits per heavy atom. The van der Waals surface area contributed by atoms with E-state index in [4.69, 9.17) is 11.6 Å². The molecule has 0 aliphatic heterocycles. The van der Waals surface area contributed by atoms with E-state index in [-0.39, 0.29) is 39.5 Å². The second-order valence-corrected chi connectivity index (χ2v) is 3.13. The van der Waals surface area contributed by atoms with Gasteiger partial charge in [0, 0.05) is 4.90 Å². The second kappa shape index (κ2) is 5.32. The van der Waals surface area contributed by atoms with E-state index in [2.05, 4.69) is 0 Å². The Balaban J connectivity index is 0.00000121. The third-order valence-corrected chi connectivity index (χ3v) is 2.21. The molecule has 0 N–H and O–H groups in total. The topological polar surface area (TPSA) is 40.1 Å². The zero-order chi connectivity index (χ0) is 8.43. The first-order valence-corrected chi connectivity index (χ1v) is 4.11. The molecule has 12 heavy (non-hydrogen) atoms. The molecule has 1 rings (SSSR count). The quantitative estimate of drug-likeness (QED) is 0.434. The smallest absolute Gasteiger partial charge is 0.768 e. The van der Waals surface area contributed by atoms with Gasteiger partial charge in [0.1, 0.15) is 5.82 Å². The van der Waals surface area contributed by atoms with Gasteiger partial charge in [-0.2, -0.15) is 0 Å². The van der Waals surface area contributed by atoms with Crippen LogP contribution < -0.4 is 29.6 Å². The van der Waals surface area contributed by atoms with E-state index in [9.17, 15) is 13.2 Å². The van der Waals surface area contributed by atoms with Crippen LogP contribution in [0.3, 0.4) is 0 Å². The maximum Gasteiger partial charge on any atom is 1.00 e. The van der Waals surface area contributed by atoms with E-state index in [1.54, 1.807) is 0 Å². The Kier molecular flexibility index (Phi) is 5.56. The first-order valence-electron chi connectivity index (χ1n) is 2.65. The zero-order valence-corrected chi connectivity index (χ0v) is 9.79. The Labute approximate surface area is 98.7 Å². The molecule has 1 aromatic carbocycles. The van der Waals surface area contributed by atoms with E-state index in [0.717, 1.165) is 12.1 Å². The minimum absolute atomic E-state index is 0. The monoisotopic (exact) mass is 216 g/mol. The van der Waals surface area contributed by atoms with Gasteiger partial charge in [-0.1, -0.05) is 11.6 Å². The van der Waals surface area contributed by atoms with Gasteiger partial charge in [-0.15, -0.1) is 0 Å². The van der Waals surface area contributed by atoms with Crippen molar-refractivity contribution in [1.82, 2.24) is 0 Å². The average molecular weight is 217 g/mol. The number of hydrogen-bond acceptors (Lipinski definition) is 2. The third kappa shape index (κ3) is 3.12. The van der Waals surface area contributed by atoms with Crippen LogP contribution in [0.15, 0.2) is 23.1 Å². The molecule has 0 fully saturated rings. The van der Waals surface area contributed by atoms with Crippen molar-refractivity contribution in [1.29, 1.82) is 0 Å². The molecule has 60 valence electrons. The van der Waals surface area contributed by atoms with Crippen LogP contribution in [-0.4, -0.2) is 8.76 Å². The normalized spacial score (nSPS) is 11.9. The van der Waals surface area contributed by atoms with Gasteiger partial charge in [-0.05, 0) is 29.3 Å². The maximum absolute atomic E-state index is 12.4. The predicted molar refractivity (Wildman–Crippen MR) is 38.6 cm³/mol. The number of hydrogen-bond donors (Lipinski definition) is 0. The largest absolute Gasteiger partial charge is 1.00 e. The van der Waals surface area contributed by atoms with E-state index in [0.29, 0.717) is 0 Å². The molecule has 0 saturated carbocycles. The standard InChI is InChI=1S/C6H4ClFO2S.Na/c7-5-2-1-4(8)3-6(5)11(9)10;/h1-3H,(H,9,10);/q;+1/p-1. The van der Waals surface area contributed by atoms with Crippen molar-refractivity contribution < 1.29 is 42.7 Å². The Hall–Kier alpha value is 0.550. The predicted octanol–water partition coefficient (Wildman–Crippen LogP) is -1.28. The van der Waals surface area contributed by atoms with Crippen molar-refractivity contribution in [2.75, 3.05) is 0 Å². The summed E-state index contributed by atoms with van der Waals surface area (Å²) in [5, 5.41) is 0.0275. The van der Waals surface area contributed by atoms with Crippen LogP contribution in [0, 0.1) is 5.82 Å². The van der Waals surface area contributed by atoms with Crippen molar-refractivity contribution in [3.8, 4) is 0 Å². The molecule has 0 amide bonds. The van der Waals surface area contributed by atoms with E-state index >= 15 is 0 Å². The van der Waals surface area contributed by atoms with E-state index in [1.165, 1.54) is 6.07 Å². The van der Waals surface area contributed by atoms with Crippen LogP contribution in [0.5, 0.6) is 0 Å². The summed E-state index contributed by atoms with van der Waals surface area (Å²) in [7, 11) is 0. The minimum atomic E-state index is -2.47. The van der Waals surface area contributed by atoms with E-state index in [1.807, 2.05) is 0 Å². The number of benzene rings is 1. The summed E-state index contributed by atoms with van der Waals surface area (Å²) in [5.41, 5.74) is 0. The van der Waals surface area contributed by atoms with Gasteiger partial charge < -0.3 is 4.55 Å². The minimum Gasteiger partial charge on any atom is -0.768 e. The van der Waals surface area contributed by atoms with Crippen molar-refractivity contribution in [3.05, 3.63) is 29.0 Å². The Bertz CT molecular complexity index is 308. The molecule has 0 aromatic heterocycles. The molecule has 2 nitrogen and oxygen atoms in total. The van der Waals surface area contributed by atoms with Gasteiger partial charge in [0.05, 0.1) is 5.02 Å². The van der Waals surface area contributed by atoms with Crippen molar-refractivity contribution in [2.24, 2.45) is 0 Å². The fourth-order valence-electron chi connectivity index (χ4n) is 0.605. The molecule has 0 saturated heterocycles. The van der Waals surface area contributed by atoms with Crippen LogP contribution in [0.2, 0.25) is 5.02 Å². The SMILES string of the molecule is O=S([O-])c1cc(F)ccc1Cl.[Na+]. The first kappa shape index (κ1) is 12.6. The average Bonchev–Trinajstić information content (AvgIpc) is 1.94. The first-order chi connectivity index (χ1) is 5.11. The molecule has 1 unspecified atom stereocenters. The Morgan fingerprint density at radius 1 is 1.50 bits per heavy atom. The maximum atomic E-state index is 12.4. The van der Waals surface area contributed by atoms with Crippen LogP contribution in [-0.2, 0) is 11.1 Å². The van der Waals surface area contributed by atoms with Crippen molar-refractivity contribution in [3.63, 3.8) is 0 Å². The van der Waals surface area contributed by atoms with Crippen molar-refractivity contribution >= 4 is 22.7 Å². The molecular formula is C6H3ClFNaO2S. The third-order valence-electron chi connectivity index (χ3n) is 1.07.